The highest BCUT2D eigenvalue weighted by Crippen LogP contribution is 2.32. The Morgan fingerprint density at radius 1 is 1.06 bits per heavy atom. The molecule has 0 aliphatic heterocycles. The number of rotatable bonds is 5. The predicted molar refractivity (Wildman–Crippen MR) is 69.4 cm³/mol. The Morgan fingerprint density at radius 2 is 1.69 bits per heavy atom. The average Bonchev–Trinajstić information content (AvgIpc) is 3.06. The van der Waals surface area contributed by atoms with Gasteiger partial charge in [-0.2, -0.15) is 0 Å². The average molecular weight is 224 g/mol. The lowest BCUT2D eigenvalue weighted by Crippen LogP contribution is -2.44. The molecule has 2 fully saturated rings. The fourth-order valence-electron chi connectivity index (χ4n) is 3.27. The van der Waals surface area contributed by atoms with E-state index in [2.05, 4.69) is 11.9 Å². The van der Waals surface area contributed by atoms with Crippen LogP contribution in [0.25, 0.3) is 0 Å². The van der Waals surface area contributed by atoms with Gasteiger partial charge in [0.25, 0.3) is 0 Å². The largest absolute Gasteiger partial charge is 0.329 e. The molecule has 2 heteroatoms. The SMILES string of the molecule is CN(CC1CC1)C(CN)C1CCCCCC1. The normalized spacial score (nSPS) is 25.7. The van der Waals surface area contributed by atoms with Gasteiger partial charge in [0, 0.05) is 19.1 Å². The fraction of sp³-hybridized carbons (Fsp3) is 1.00. The molecule has 2 nitrogen and oxygen atoms in total. The molecule has 2 rings (SSSR count). The van der Waals surface area contributed by atoms with Crippen LogP contribution in [0.5, 0.6) is 0 Å². The van der Waals surface area contributed by atoms with Gasteiger partial charge < -0.3 is 10.6 Å². The number of hydrogen-bond acceptors (Lipinski definition) is 2. The summed E-state index contributed by atoms with van der Waals surface area (Å²) in [4.78, 5) is 2.56. The van der Waals surface area contributed by atoms with E-state index in [4.69, 9.17) is 5.73 Å². The van der Waals surface area contributed by atoms with Crippen LogP contribution in [0.2, 0.25) is 0 Å². The second kappa shape index (κ2) is 6.02. The smallest absolute Gasteiger partial charge is 0.0243 e. The first-order chi connectivity index (χ1) is 7.81. The third-order valence-electron chi connectivity index (χ3n) is 4.49. The molecule has 1 unspecified atom stereocenters. The highest BCUT2D eigenvalue weighted by molar-refractivity contribution is 4.84. The molecule has 2 aliphatic rings. The molecule has 2 aliphatic carbocycles. The van der Waals surface area contributed by atoms with Gasteiger partial charge in [-0.1, -0.05) is 25.7 Å². The van der Waals surface area contributed by atoms with Crippen molar-refractivity contribution >= 4 is 0 Å². The van der Waals surface area contributed by atoms with Crippen LogP contribution in [0.15, 0.2) is 0 Å². The fourth-order valence-corrected chi connectivity index (χ4v) is 3.27. The first-order valence-corrected chi connectivity index (χ1v) is 7.21. The monoisotopic (exact) mass is 224 g/mol. The molecule has 0 heterocycles. The topological polar surface area (TPSA) is 29.3 Å². The van der Waals surface area contributed by atoms with Crippen molar-refractivity contribution in [3.8, 4) is 0 Å². The summed E-state index contributed by atoms with van der Waals surface area (Å²) in [6, 6.07) is 0.652. The first-order valence-electron chi connectivity index (χ1n) is 7.21. The number of hydrogen-bond donors (Lipinski definition) is 1. The zero-order chi connectivity index (χ0) is 11.4. The zero-order valence-corrected chi connectivity index (χ0v) is 10.8. The van der Waals surface area contributed by atoms with Gasteiger partial charge in [0.15, 0.2) is 0 Å². The van der Waals surface area contributed by atoms with Crippen molar-refractivity contribution in [3.05, 3.63) is 0 Å². The lowest BCUT2D eigenvalue weighted by Gasteiger charge is -2.33. The minimum absolute atomic E-state index is 0.652. The van der Waals surface area contributed by atoms with Crippen molar-refractivity contribution < 1.29 is 0 Å². The Kier molecular flexibility index (Phi) is 4.66. The number of nitrogens with two attached hydrogens (primary N) is 1. The van der Waals surface area contributed by atoms with Gasteiger partial charge in [-0.25, -0.2) is 0 Å². The lowest BCUT2D eigenvalue weighted by molar-refractivity contribution is 0.161. The van der Waals surface area contributed by atoms with Gasteiger partial charge in [0.2, 0.25) is 0 Å². The summed E-state index contributed by atoms with van der Waals surface area (Å²) >= 11 is 0. The van der Waals surface area contributed by atoms with Gasteiger partial charge in [0.1, 0.15) is 0 Å². The minimum atomic E-state index is 0.652. The molecule has 0 saturated heterocycles. The Balaban J connectivity index is 1.85. The summed E-state index contributed by atoms with van der Waals surface area (Å²) in [6.45, 7) is 2.15. The van der Waals surface area contributed by atoms with Crippen LogP contribution in [0.3, 0.4) is 0 Å². The van der Waals surface area contributed by atoms with Gasteiger partial charge in [-0.15, -0.1) is 0 Å². The Hall–Kier alpha value is -0.0800. The summed E-state index contributed by atoms with van der Waals surface area (Å²) < 4.78 is 0. The van der Waals surface area contributed by atoms with E-state index >= 15 is 0 Å². The molecule has 0 amide bonds. The van der Waals surface area contributed by atoms with Gasteiger partial charge in [-0.05, 0) is 44.6 Å². The lowest BCUT2D eigenvalue weighted by atomic mass is 9.91. The zero-order valence-electron chi connectivity index (χ0n) is 10.8. The van der Waals surface area contributed by atoms with E-state index < -0.39 is 0 Å². The second-order valence-electron chi connectivity index (χ2n) is 5.94. The number of nitrogens with zero attached hydrogens (tertiary/aromatic N) is 1. The maximum absolute atomic E-state index is 6.01. The van der Waals surface area contributed by atoms with E-state index in [0.717, 1.165) is 18.4 Å². The highest BCUT2D eigenvalue weighted by atomic mass is 15.1. The molecular formula is C14H28N2. The van der Waals surface area contributed by atoms with Crippen LogP contribution in [-0.2, 0) is 0 Å². The summed E-state index contributed by atoms with van der Waals surface area (Å²) in [5.74, 6) is 1.86. The third-order valence-corrected chi connectivity index (χ3v) is 4.49. The standard InChI is InChI=1S/C14H28N2/c1-16(11-12-8-9-12)14(10-15)13-6-4-2-3-5-7-13/h12-14H,2-11,15H2,1H3. The quantitative estimate of drug-likeness (QED) is 0.727. The Morgan fingerprint density at radius 3 is 2.19 bits per heavy atom. The van der Waals surface area contributed by atoms with E-state index in [1.165, 1.54) is 57.9 Å². The van der Waals surface area contributed by atoms with Crippen molar-refractivity contribution in [2.45, 2.75) is 57.4 Å². The van der Waals surface area contributed by atoms with Crippen LogP contribution in [0, 0.1) is 11.8 Å². The molecule has 0 aromatic carbocycles. The van der Waals surface area contributed by atoms with Crippen molar-refractivity contribution in [2.75, 3.05) is 20.1 Å². The molecule has 94 valence electrons. The predicted octanol–water partition coefficient (Wildman–Crippen LogP) is 2.63. The van der Waals surface area contributed by atoms with E-state index in [0.29, 0.717) is 6.04 Å². The van der Waals surface area contributed by atoms with Crippen molar-refractivity contribution in [1.29, 1.82) is 0 Å². The molecule has 0 aromatic rings. The Labute approximate surface area is 101 Å². The van der Waals surface area contributed by atoms with E-state index in [1.54, 1.807) is 0 Å². The summed E-state index contributed by atoms with van der Waals surface area (Å²) in [5, 5.41) is 0. The summed E-state index contributed by atoms with van der Waals surface area (Å²) in [5.41, 5.74) is 6.01. The summed E-state index contributed by atoms with van der Waals surface area (Å²) in [6.07, 6.45) is 11.5. The second-order valence-corrected chi connectivity index (χ2v) is 5.94. The van der Waals surface area contributed by atoms with Gasteiger partial charge in [0.05, 0.1) is 0 Å². The van der Waals surface area contributed by atoms with Crippen LogP contribution in [-0.4, -0.2) is 31.1 Å². The van der Waals surface area contributed by atoms with Crippen LogP contribution < -0.4 is 5.73 Å². The molecule has 2 saturated carbocycles. The number of likely N-dealkylation sites (N-methyl/N-ethyl adjacent to an activating group) is 1. The minimum Gasteiger partial charge on any atom is -0.329 e. The summed E-state index contributed by atoms with van der Waals surface area (Å²) in [7, 11) is 2.29. The van der Waals surface area contributed by atoms with Crippen molar-refractivity contribution in [1.82, 2.24) is 4.90 Å². The molecule has 0 spiro atoms. The van der Waals surface area contributed by atoms with Gasteiger partial charge >= 0.3 is 0 Å². The van der Waals surface area contributed by atoms with Gasteiger partial charge in [-0.3, -0.25) is 0 Å². The first kappa shape index (κ1) is 12.4. The molecule has 1 atom stereocenters. The molecule has 0 radical (unpaired) electrons. The molecule has 0 bridgehead atoms. The molecule has 0 aromatic heterocycles. The maximum Gasteiger partial charge on any atom is 0.0243 e. The Bertz CT molecular complexity index is 193. The highest BCUT2D eigenvalue weighted by Gasteiger charge is 2.29. The van der Waals surface area contributed by atoms with E-state index in [9.17, 15) is 0 Å². The molecule has 16 heavy (non-hydrogen) atoms. The van der Waals surface area contributed by atoms with E-state index in [1.807, 2.05) is 0 Å². The van der Waals surface area contributed by atoms with Crippen molar-refractivity contribution in [3.63, 3.8) is 0 Å². The maximum atomic E-state index is 6.01. The van der Waals surface area contributed by atoms with Crippen LogP contribution >= 0.6 is 0 Å². The van der Waals surface area contributed by atoms with Crippen LogP contribution in [0.4, 0.5) is 0 Å². The third kappa shape index (κ3) is 3.46. The van der Waals surface area contributed by atoms with Crippen molar-refractivity contribution in [2.24, 2.45) is 17.6 Å². The van der Waals surface area contributed by atoms with E-state index in [-0.39, 0.29) is 0 Å². The van der Waals surface area contributed by atoms with Crippen LogP contribution in [0.1, 0.15) is 51.4 Å². The molecular weight excluding hydrogens is 196 g/mol. The molecule has 2 N–H and O–H groups in total.